The van der Waals surface area contributed by atoms with Crippen LogP contribution in [0.1, 0.15) is 57.9 Å². The largest absolute Gasteiger partial charge is 0.389 e. The summed E-state index contributed by atoms with van der Waals surface area (Å²) >= 11 is 8.74. The highest BCUT2D eigenvalue weighted by Gasteiger charge is 2.06. The minimum atomic E-state index is 0.461. The van der Waals surface area contributed by atoms with E-state index in [2.05, 4.69) is 13.8 Å². The Morgan fingerprint density at radius 2 is 1.48 bits per heavy atom. The molecule has 0 fully saturated rings. The number of aromatic nitrogens is 1. The van der Waals surface area contributed by atoms with E-state index in [-0.39, 0.29) is 0 Å². The third kappa shape index (κ3) is 8.07. The number of nitrogens with two attached hydrogens (primary N) is 1. The molecule has 2 N–H and O–H groups in total. The fourth-order valence-electron chi connectivity index (χ4n) is 1.83. The van der Waals surface area contributed by atoms with Gasteiger partial charge in [-0.05, 0) is 36.5 Å². The summed E-state index contributed by atoms with van der Waals surface area (Å²) in [5.41, 5.74) is 6.73. The number of thioether (sulfide) groups is 2. The number of pyridine rings is 1. The van der Waals surface area contributed by atoms with E-state index < -0.39 is 0 Å². The molecular formula is C16H26N2S3. The van der Waals surface area contributed by atoms with Crippen molar-refractivity contribution >= 4 is 40.7 Å². The molecule has 1 aromatic rings. The van der Waals surface area contributed by atoms with E-state index in [9.17, 15) is 0 Å². The van der Waals surface area contributed by atoms with Gasteiger partial charge in [0.15, 0.2) is 0 Å². The van der Waals surface area contributed by atoms with Crippen LogP contribution in [0, 0.1) is 0 Å². The molecule has 0 spiro atoms. The van der Waals surface area contributed by atoms with Crippen LogP contribution in [-0.4, -0.2) is 21.5 Å². The van der Waals surface area contributed by atoms with Crippen molar-refractivity contribution in [1.82, 2.24) is 4.98 Å². The molecular weight excluding hydrogens is 316 g/mol. The van der Waals surface area contributed by atoms with E-state index in [0.717, 1.165) is 27.1 Å². The van der Waals surface area contributed by atoms with Gasteiger partial charge in [0, 0.05) is 5.56 Å². The van der Waals surface area contributed by atoms with Crippen molar-refractivity contribution in [1.29, 1.82) is 0 Å². The van der Waals surface area contributed by atoms with Gasteiger partial charge in [0.1, 0.15) is 4.99 Å². The number of hydrogen-bond acceptors (Lipinski definition) is 4. The van der Waals surface area contributed by atoms with E-state index in [1.165, 1.54) is 38.5 Å². The predicted molar refractivity (Wildman–Crippen MR) is 101 cm³/mol. The second kappa shape index (κ2) is 11.3. The summed E-state index contributed by atoms with van der Waals surface area (Å²) in [4.78, 5) is 5.18. The van der Waals surface area contributed by atoms with Gasteiger partial charge in [0.2, 0.25) is 0 Å². The Hall–Kier alpha value is -0.260. The third-order valence-electron chi connectivity index (χ3n) is 3.06. The first-order valence-electron chi connectivity index (χ1n) is 7.74. The van der Waals surface area contributed by atoms with Gasteiger partial charge < -0.3 is 5.73 Å². The van der Waals surface area contributed by atoms with Gasteiger partial charge in [0.25, 0.3) is 0 Å². The molecule has 0 radical (unpaired) electrons. The topological polar surface area (TPSA) is 38.9 Å². The molecule has 0 bridgehead atoms. The number of unbranched alkanes of at least 4 members (excludes halogenated alkanes) is 4. The van der Waals surface area contributed by atoms with Crippen molar-refractivity contribution in [3.8, 4) is 0 Å². The van der Waals surface area contributed by atoms with Gasteiger partial charge in [-0.15, -0.1) is 23.5 Å². The average molecular weight is 343 g/mol. The maximum absolute atomic E-state index is 5.79. The Labute approximate surface area is 143 Å². The summed E-state index contributed by atoms with van der Waals surface area (Å²) in [5.74, 6) is 2.23. The van der Waals surface area contributed by atoms with Crippen molar-refractivity contribution in [3.63, 3.8) is 0 Å². The van der Waals surface area contributed by atoms with Crippen LogP contribution in [0.4, 0.5) is 0 Å². The standard InChI is InChI=1S/C16H26N2S3/c1-3-5-7-9-20-14-11-13(16(17)19)12-15(18-14)21-10-8-6-4-2/h11-12H,3-10H2,1-2H3,(H2,17,19). The lowest BCUT2D eigenvalue weighted by Crippen LogP contribution is -2.10. The molecule has 0 saturated heterocycles. The summed E-state index contributed by atoms with van der Waals surface area (Å²) in [7, 11) is 0. The van der Waals surface area contributed by atoms with Gasteiger partial charge in [-0.3, -0.25) is 0 Å². The maximum atomic E-state index is 5.79. The van der Waals surface area contributed by atoms with Gasteiger partial charge >= 0.3 is 0 Å². The van der Waals surface area contributed by atoms with Crippen LogP contribution in [-0.2, 0) is 0 Å². The Kier molecular flexibility index (Phi) is 10.1. The lowest BCUT2D eigenvalue weighted by Gasteiger charge is -2.08. The second-order valence-corrected chi connectivity index (χ2v) is 7.68. The molecule has 1 rings (SSSR count). The third-order valence-corrected chi connectivity index (χ3v) is 5.29. The smallest absolute Gasteiger partial charge is 0.104 e. The summed E-state index contributed by atoms with van der Waals surface area (Å²) in [6.07, 6.45) is 7.53. The van der Waals surface area contributed by atoms with Crippen molar-refractivity contribution in [2.45, 2.75) is 62.4 Å². The monoisotopic (exact) mass is 342 g/mol. The molecule has 0 amide bonds. The van der Waals surface area contributed by atoms with Gasteiger partial charge in [-0.25, -0.2) is 4.98 Å². The van der Waals surface area contributed by atoms with Crippen molar-refractivity contribution in [2.24, 2.45) is 5.73 Å². The van der Waals surface area contributed by atoms with Gasteiger partial charge in [-0.1, -0.05) is 51.7 Å². The van der Waals surface area contributed by atoms with Gasteiger partial charge in [0.05, 0.1) is 10.1 Å². The molecule has 21 heavy (non-hydrogen) atoms. The summed E-state index contributed by atoms with van der Waals surface area (Å²) in [6, 6.07) is 4.05. The molecule has 0 aliphatic heterocycles. The summed E-state index contributed by atoms with van der Waals surface area (Å²) in [6.45, 7) is 4.45. The fraction of sp³-hybridized carbons (Fsp3) is 0.625. The molecule has 0 saturated carbocycles. The minimum absolute atomic E-state index is 0.461. The Balaban J connectivity index is 2.63. The molecule has 0 unspecified atom stereocenters. The summed E-state index contributed by atoms with van der Waals surface area (Å²) < 4.78 is 0. The van der Waals surface area contributed by atoms with Gasteiger partial charge in [-0.2, -0.15) is 0 Å². The van der Waals surface area contributed by atoms with Crippen LogP contribution in [0.15, 0.2) is 22.2 Å². The van der Waals surface area contributed by atoms with Crippen LogP contribution >= 0.6 is 35.7 Å². The normalized spacial score (nSPS) is 10.8. The molecule has 0 aliphatic rings. The zero-order valence-corrected chi connectivity index (χ0v) is 15.5. The highest BCUT2D eigenvalue weighted by Crippen LogP contribution is 2.25. The number of hydrogen-bond donors (Lipinski definition) is 1. The van der Waals surface area contributed by atoms with Crippen LogP contribution < -0.4 is 5.73 Å². The first-order valence-corrected chi connectivity index (χ1v) is 10.1. The zero-order chi connectivity index (χ0) is 15.5. The predicted octanol–water partition coefficient (Wildman–Crippen LogP) is 5.28. The second-order valence-electron chi connectivity index (χ2n) is 5.01. The number of nitrogens with zero attached hydrogens (tertiary/aromatic N) is 1. The number of thiocarbonyl (C=S) groups is 1. The maximum Gasteiger partial charge on any atom is 0.104 e. The molecule has 1 heterocycles. The fourth-order valence-corrected chi connectivity index (χ4v) is 3.87. The van der Waals surface area contributed by atoms with E-state index >= 15 is 0 Å². The molecule has 0 atom stereocenters. The Bertz CT molecular complexity index is 405. The van der Waals surface area contributed by atoms with Crippen molar-refractivity contribution < 1.29 is 0 Å². The SMILES string of the molecule is CCCCCSc1cc(C(N)=S)cc(SCCCCC)n1. The van der Waals surface area contributed by atoms with E-state index in [4.69, 9.17) is 22.9 Å². The van der Waals surface area contributed by atoms with E-state index in [1.54, 1.807) is 0 Å². The first-order chi connectivity index (χ1) is 10.2. The van der Waals surface area contributed by atoms with Crippen molar-refractivity contribution in [2.75, 3.05) is 11.5 Å². The van der Waals surface area contributed by atoms with Crippen LogP contribution in [0.5, 0.6) is 0 Å². The lowest BCUT2D eigenvalue weighted by molar-refractivity contribution is 0.776. The molecule has 5 heteroatoms. The first kappa shape index (κ1) is 18.8. The Morgan fingerprint density at radius 1 is 1.00 bits per heavy atom. The van der Waals surface area contributed by atoms with Crippen LogP contribution in [0.2, 0.25) is 0 Å². The van der Waals surface area contributed by atoms with E-state index in [1.807, 2.05) is 35.7 Å². The quantitative estimate of drug-likeness (QED) is 0.336. The summed E-state index contributed by atoms with van der Waals surface area (Å²) in [5, 5.41) is 2.10. The van der Waals surface area contributed by atoms with E-state index in [0.29, 0.717) is 4.99 Å². The highest BCUT2D eigenvalue weighted by atomic mass is 32.2. The Morgan fingerprint density at radius 3 is 1.86 bits per heavy atom. The molecule has 0 aliphatic carbocycles. The molecule has 0 aromatic carbocycles. The molecule has 1 aromatic heterocycles. The lowest BCUT2D eigenvalue weighted by atomic mass is 10.3. The minimum Gasteiger partial charge on any atom is -0.389 e. The average Bonchev–Trinajstić information content (AvgIpc) is 2.48. The number of rotatable bonds is 11. The van der Waals surface area contributed by atoms with Crippen LogP contribution in [0.3, 0.4) is 0 Å². The highest BCUT2D eigenvalue weighted by molar-refractivity contribution is 7.99. The molecule has 2 nitrogen and oxygen atoms in total. The zero-order valence-electron chi connectivity index (χ0n) is 13.1. The van der Waals surface area contributed by atoms with Crippen LogP contribution in [0.25, 0.3) is 0 Å². The van der Waals surface area contributed by atoms with Crippen molar-refractivity contribution in [3.05, 3.63) is 17.7 Å². The molecule has 118 valence electrons.